The first-order valence-electron chi connectivity index (χ1n) is 5.23. The lowest BCUT2D eigenvalue weighted by Gasteiger charge is -2.01. The minimum atomic E-state index is 0.0225. The summed E-state index contributed by atoms with van der Waals surface area (Å²) in [6.07, 6.45) is 0.889. The standard InChI is InChI=1S/C11H9BrN2OS2/c12-6-2-1-3-7-9(6)17-11(14-7)16-8-4-5-13-10(8)15/h1-3,8H,4-5H2,(H,13,15)/t8-/m1/s1. The first kappa shape index (κ1) is 11.5. The van der Waals surface area contributed by atoms with Gasteiger partial charge in [-0.05, 0) is 34.5 Å². The SMILES string of the molecule is O=C1NCC[C@H]1Sc1nc2cccc(Br)c2s1. The maximum absolute atomic E-state index is 11.5. The first-order chi connectivity index (χ1) is 8.24. The number of nitrogens with one attached hydrogen (secondary N) is 1. The van der Waals surface area contributed by atoms with Crippen LogP contribution in [0, 0.1) is 0 Å². The van der Waals surface area contributed by atoms with Gasteiger partial charge >= 0.3 is 0 Å². The van der Waals surface area contributed by atoms with Gasteiger partial charge in [-0.25, -0.2) is 4.98 Å². The van der Waals surface area contributed by atoms with Crippen LogP contribution in [-0.2, 0) is 4.79 Å². The Morgan fingerprint density at radius 1 is 1.53 bits per heavy atom. The zero-order chi connectivity index (χ0) is 11.8. The average molecular weight is 329 g/mol. The Morgan fingerprint density at radius 3 is 3.12 bits per heavy atom. The summed E-state index contributed by atoms with van der Waals surface area (Å²) in [5.74, 6) is 0.133. The van der Waals surface area contributed by atoms with Gasteiger partial charge in [0.05, 0.1) is 15.5 Å². The van der Waals surface area contributed by atoms with E-state index in [1.807, 2.05) is 18.2 Å². The quantitative estimate of drug-likeness (QED) is 0.921. The van der Waals surface area contributed by atoms with E-state index >= 15 is 0 Å². The number of carbonyl (C=O) groups excluding carboxylic acids is 1. The van der Waals surface area contributed by atoms with Crippen molar-refractivity contribution in [2.24, 2.45) is 0 Å². The molecule has 1 aromatic heterocycles. The fourth-order valence-corrected chi connectivity index (χ4v) is 4.66. The molecule has 1 saturated heterocycles. The highest BCUT2D eigenvalue weighted by molar-refractivity contribution is 9.10. The Kier molecular flexibility index (Phi) is 3.10. The van der Waals surface area contributed by atoms with Crippen LogP contribution in [0.1, 0.15) is 6.42 Å². The molecule has 0 radical (unpaired) electrons. The number of thiazole rings is 1. The van der Waals surface area contributed by atoms with E-state index in [1.165, 1.54) is 0 Å². The second kappa shape index (κ2) is 4.59. The van der Waals surface area contributed by atoms with Crippen molar-refractivity contribution in [2.45, 2.75) is 16.0 Å². The van der Waals surface area contributed by atoms with Crippen LogP contribution in [0.5, 0.6) is 0 Å². The minimum Gasteiger partial charge on any atom is -0.355 e. The first-order valence-corrected chi connectivity index (χ1v) is 7.72. The lowest BCUT2D eigenvalue weighted by molar-refractivity contribution is -0.118. The largest absolute Gasteiger partial charge is 0.355 e. The van der Waals surface area contributed by atoms with E-state index in [-0.39, 0.29) is 11.2 Å². The highest BCUT2D eigenvalue weighted by Gasteiger charge is 2.26. The third-order valence-electron chi connectivity index (χ3n) is 2.59. The monoisotopic (exact) mass is 328 g/mol. The number of nitrogens with zero attached hydrogens (tertiary/aromatic N) is 1. The number of hydrogen-bond acceptors (Lipinski definition) is 4. The molecule has 6 heteroatoms. The van der Waals surface area contributed by atoms with Gasteiger partial charge in [0.1, 0.15) is 0 Å². The van der Waals surface area contributed by atoms with Gasteiger partial charge in [0.25, 0.3) is 0 Å². The molecule has 17 heavy (non-hydrogen) atoms. The normalized spacial score (nSPS) is 19.8. The Bertz CT molecular complexity index is 584. The van der Waals surface area contributed by atoms with E-state index in [2.05, 4.69) is 26.2 Å². The fourth-order valence-electron chi connectivity index (χ4n) is 1.75. The van der Waals surface area contributed by atoms with Gasteiger partial charge in [0.2, 0.25) is 5.91 Å². The number of thioether (sulfide) groups is 1. The van der Waals surface area contributed by atoms with E-state index in [0.717, 1.165) is 32.0 Å². The molecule has 1 N–H and O–H groups in total. The highest BCUT2D eigenvalue weighted by atomic mass is 79.9. The van der Waals surface area contributed by atoms with Crippen LogP contribution in [-0.4, -0.2) is 22.7 Å². The van der Waals surface area contributed by atoms with Gasteiger partial charge < -0.3 is 5.32 Å². The smallest absolute Gasteiger partial charge is 0.233 e. The zero-order valence-corrected chi connectivity index (χ0v) is 12.0. The van der Waals surface area contributed by atoms with Crippen LogP contribution < -0.4 is 5.32 Å². The van der Waals surface area contributed by atoms with Gasteiger partial charge in [0, 0.05) is 11.0 Å². The fraction of sp³-hybridized carbons (Fsp3) is 0.273. The number of benzene rings is 1. The molecule has 0 bridgehead atoms. The second-order valence-electron chi connectivity index (χ2n) is 3.75. The van der Waals surface area contributed by atoms with Crippen molar-refractivity contribution in [3.8, 4) is 0 Å². The summed E-state index contributed by atoms with van der Waals surface area (Å²) in [5.41, 5.74) is 0.991. The van der Waals surface area contributed by atoms with Crippen LogP contribution >= 0.6 is 39.0 Å². The van der Waals surface area contributed by atoms with Crippen molar-refractivity contribution in [3.05, 3.63) is 22.7 Å². The number of carbonyl (C=O) groups is 1. The lowest BCUT2D eigenvalue weighted by atomic mass is 10.3. The number of aromatic nitrogens is 1. The molecule has 3 rings (SSSR count). The van der Waals surface area contributed by atoms with Gasteiger partial charge in [-0.3, -0.25) is 4.79 Å². The third kappa shape index (κ3) is 2.21. The second-order valence-corrected chi connectivity index (χ2v) is 7.06. The lowest BCUT2D eigenvalue weighted by Crippen LogP contribution is -2.20. The van der Waals surface area contributed by atoms with E-state index in [0.29, 0.717) is 0 Å². The summed E-state index contributed by atoms with van der Waals surface area (Å²) in [6, 6.07) is 5.98. The highest BCUT2D eigenvalue weighted by Crippen LogP contribution is 2.37. The van der Waals surface area contributed by atoms with Crippen LogP contribution in [0.4, 0.5) is 0 Å². The number of halogens is 1. The van der Waals surface area contributed by atoms with Crippen molar-refractivity contribution in [3.63, 3.8) is 0 Å². The molecule has 1 aliphatic heterocycles. The molecule has 88 valence electrons. The van der Waals surface area contributed by atoms with Crippen molar-refractivity contribution in [1.29, 1.82) is 0 Å². The van der Waals surface area contributed by atoms with Crippen LogP contribution in [0.15, 0.2) is 27.0 Å². The Hall–Kier alpha value is -0.590. The molecular formula is C11H9BrN2OS2. The number of rotatable bonds is 2. The molecule has 1 fully saturated rings. The summed E-state index contributed by atoms with van der Waals surface area (Å²) in [5, 5.41) is 2.87. The molecule has 1 amide bonds. The number of fused-ring (bicyclic) bond motifs is 1. The number of amides is 1. The minimum absolute atomic E-state index is 0.0225. The molecule has 1 aliphatic rings. The maximum Gasteiger partial charge on any atom is 0.233 e. The van der Waals surface area contributed by atoms with Crippen LogP contribution in [0.3, 0.4) is 0 Å². The molecule has 0 saturated carbocycles. The molecule has 0 spiro atoms. The van der Waals surface area contributed by atoms with Crippen molar-refractivity contribution in [1.82, 2.24) is 10.3 Å². The molecule has 3 nitrogen and oxygen atoms in total. The average Bonchev–Trinajstić information content (AvgIpc) is 2.87. The van der Waals surface area contributed by atoms with Crippen molar-refractivity contribution >= 4 is 55.2 Å². The Balaban J connectivity index is 1.91. The third-order valence-corrected chi connectivity index (χ3v) is 5.98. The predicted octanol–water partition coefficient (Wildman–Crippen LogP) is 3.04. The predicted molar refractivity (Wildman–Crippen MR) is 74.6 cm³/mol. The maximum atomic E-state index is 11.5. The molecular weight excluding hydrogens is 320 g/mol. The summed E-state index contributed by atoms with van der Waals surface area (Å²) in [6.45, 7) is 0.783. The van der Waals surface area contributed by atoms with E-state index < -0.39 is 0 Å². The van der Waals surface area contributed by atoms with Gasteiger partial charge in [-0.15, -0.1) is 11.3 Å². The van der Waals surface area contributed by atoms with Gasteiger partial charge in [-0.2, -0.15) is 0 Å². The van der Waals surface area contributed by atoms with Crippen LogP contribution in [0.25, 0.3) is 10.2 Å². The molecule has 1 atom stereocenters. The molecule has 0 unspecified atom stereocenters. The van der Waals surface area contributed by atoms with Gasteiger partial charge in [-0.1, -0.05) is 17.8 Å². The van der Waals surface area contributed by atoms with E-state index in [9.17, 15) is 4.79 Å². The van der Waals surface area contributed by atoms with Gasteiger partial charge in [0.15, 0.2) is 4.34 Å². The van der Waals surface area contributed by atoms with Crippen LogP contribution in [0.2, 0.25) is 0 Å². The van der Waals surface area contributed by atoms with E-state index in [4.69, 9.17) is 0 Å². The summed E-state index contributed by atoms with van der Waals surface area (Å²) >= 11 is 6.72. The summed E-state index contributed by atoms with van der Waals surface area (Å²) in [4.78, 5) is 16.0. The number of hydrogen-bond donors (Lipinski definition) is 1. The van der Waals surface area contributed by atoms with E-state index in [1.54, 1.807) is 23.1 Å². The molecule has 2 aromatic rings. The molecule has 0 aliphatic carbocycles. The molecule has 1 aromatic carbocycles. The van der Waals surface area contributed by atoms with Crippen molar-refractivity contribution in [2.75, 3.05) is 6.54 Å². The Labute approximate surface area is 115 Å². The zero-order valence-electron chi connectivity index (χ0n) is 8.77. The topological polar surface area (TPSA) is 42.0 Å². The molecule has 2 heterocycles. The van der Waals surface area contributed by atoms with Crippen molar-refractivity contribution < 1.29 is 4.79 Å². The summed E-state index contributed by atoms with van der Waals surface area (Å²) < 4.78 is 3.18. The summed E-state index contributed by atoms with van der Waals surface area (Å²) in [7, 11) is 0. The Morgan fingerprint density at radius 2 is 2.41 bits per heavy atom.